The van der Waals surface area contributed by atoms with Crippen LogP contribution in [0.5, 0.6) is 0 Å². The largest absolute Gasteiger partial charge is 0.336 e. The number of halogens is 2. The molecule has 0 spiro atoms. The first-order chi connectivity index (χ1) is 11.6. The minimum atomic E-state index is -0.0435. The first kappa shape index (κ1) is 17.3. The number of hydrogen-bond acceptors (Lipinski definition) is 2. The second kappa shape index (κ2) is 7.56. The lowest BCUT2D eigenvalue weighted by Crippen LogP contribution is -2.48. The third kappa shape index (κ3) is 3.75. The van der Waals surface area contributed by atoms with Crippen molar-refractivity contribution >= 4 is 29.1 Å². The van der Waals surface area contributed by atoms with Gasteiger partial charge in [0.1, 0.15) is 0 Å². The van der Waals surface area contributed by atoms with E-state index in [0.29, 0.717) is 28.7 Å². The number of hydrogen-bond donors (Lipinski definition) is 0. The molecule has 0 saturated carbocycles. The molecule has 2 aromatic carbocycles. The Morgan fingerprint density at radius 3 is 2.42 bits per heavy atom. The molecule has 0 unspecified atom stereocenters. The van der Waals surface area contributed by atoms with Crippen molar-refractivity contribution < 1.29 is 4.79 Å². The summed E-state index contributed by atoms with van der Waals surface area (Å²) in [5.41, 5.74) is 3.13. The molecule has 1 amide bonds. The summed E-state index contributed by atoms with van der Waals surface area (Å²) >= 11 is 12.2. The number of carbonyl (C=O) groups excluding carboxylic acids is 1. The standard InChI is InChI=1S/C19H20Cl2N2O/c1-14-5-2-3-6-15(14)13-22-9-11-23(12-10-22)19(24)16-7-4-8-17(20)18(16)21/h2-8H,9-13H2,1H3. The lowest BCUT2D eigenvalue weighted by molar-refractivity contribution is 0.0628. The third-order valence-electron chi connectivity index (χ3n) is 4.50. The van der Waals surface area contributed by atoms with Crippen LogP contribution in [0.4, 0.5) is 0 Å². The molecule has 0 N–H and O–H groups in total. The molecular weight excluding hydrogens is 343 g/mol. The summed E-state index contributed by atoms with van der Waals surface area (Å²) in [4.78, 5) is 16.9. The van der Waals surface area contributed by atoms with Gasteiger partial charge in [0.05, 0.1) is 15.6 Å². The van der Waals surface area contributed by atoms with Gasteiger partial charge >= 0.3 is 0 Å². The van der Waals surface area contributed by atoms with Crippen molar-refractivity contribution in [1.82, 2.24) is 9.80 Å². The third-order valence-corrected chi connectivity index (χ3v) is 5.32. The van der Waals surface area contributed by atoms with E-state index in [1.54, 1.807) is 18.2 Å². The summed E-state index contributed by atoms with van der Waals surface area (Å²) < 4.78 is 0. The number of rotatable bonds is 3. The van der Waals surface area contributed by atoms with Crippen LogP contribution in [0.1, 0.15) is 21.5 Å². The van der Waals surface area contributed by atoms with Crippen LogP contribution in [-0.2, 0) is 6.54 Å². The smallest absolute Gasteiger partial charge is 0.255 e. The Hall–Kier alpha value is -1.55. The molecule has 0 aliphatic carbocycles. The number of benzene rings is 2. The lowest BCUT2D eigenvalue weighted by Gasteiger charge is -2.35. The summed E-state index contributed by atoms with van der Waals surface area (Å²) in [5.74, 6) is -0.0435. The minimum absolute atomic E-state index is 0.0435. The number of aryl methyl sites for hydroxylation is 1. The zero-order valence-electron chi connectivity index (χ0n) is 13.6. The average Bonchev–Trinajstić information content (AvgIpc) is 2.59. The molecule has 1 saturated heterocycles. The highest BCUT2D eigenvalue weighted by Crippen LogP contribution is 2.27. The van der Waals surface area contributed by atoms with Crippen molar-refractivity contribution in [3.05, 3.63) is 69.2 Å². The van der Waals surface area contributed by atoms with Crippen LogP contribution in [-0.4, -0.2) is 41.9 Å². The van der Waals surface area contributed by atoms with E-state index >= 15 is 0 Å². The van der Waals surface area contributed by atoms with Crippen molar-refractivity contribution in [2.45, 2.75) is 13.5 Å². The molecule has 0 aromatic heterocycles. The van der Waals surface area contributed by atoms with Gasteiger partial charge in [0.2, 0.25) is 0 Å². The molecule has 1 aliphatic rings. The van der Waals surface area contributed by atoms with E-state index < -0.39 is 0 Å². The van der Waals surface area contributed by atoms with E-state index in [2.05, 4.69) is 36.1 Å². The van der Waals surface area contributed by atoms with Crippen LogP contribution in [0.3, 0.4) is 0 Å². The zero-order chi connectivity index (χ0) is 17.1. The van der Waals surface area contributed by atoms with Crippen molar-refractivity contribution in [3.8, 4) is 0 Å². The maximum atomic E-state index is 12.7. The zero-order valence-corrected chi connectivity index (χ0v) is 15.1. The van der Waals surface area contributed by atoms with Crippen LogP contribution in [0, 0.1) is 6.92 Å². The number of carbonyl (C=O) groups is 1. The molecule has 5 heteroatoms. The van der Waals surface area contributed by atoms with Crippen LogP contribution >= 0.6 is 23.2 Å². The Balaban J connectivity index is 1.62. The Morgan fingerprint density at radius 1 is 1.00 bits per heavy atom. The normalized spacial score (nSPS) is 15.5. The Kier molecular flexibility index (Phi) is 5.44. The quantitative estimate of drug-likeness (QED) is 0.814. The predicted molar refractivity (Wildman–Crippen MR) is 98.8 cm³/mol. The molecule has 2 aromatic rings. The van der Waals surface area contributed by atoms with Gasteiger partial charge in [0.25, 0.3) is 5.91 Å². The Bertz CT molecular complexity index is 740. The molecule has 1 heterocycles. The molecule has 0 atom stereocenters. The second-order valence-corrected chi connectivity index (χ2v) is 6.88. The van der Waals surface area contributed by atoms with Gasteiger partial charge in [-0.15, -0.1) is 0 Å². The van der Waals surface area contributed by atoms with Gasteiger partial charge in [-0.25, -0.2) is 0 Å². The fourth-order valence-corrected chi connectivity index (χ4v) is 3.36. The molecule has 24 heavy (non-hydrogen) atoms. The van der Waals surface area contributed by atoms with Crippen molar-refractivity contribution in [3.63, 3.8) is 0 Å². The molecule has 0 bridgehead atoms. The first-order valence-corrected chi connectivity index (χ1v) is 8.82. The van der Waals surface area contributed by atoms with E-state index in [9.17, 15) is 4.79 Å². The lowest BCUT2D eigenvalue weighted by atomic mass is 10.1. The predicted octanol–water partition coefficient (Wildman–Crippen LogP) is 4.26. The number of piperazine rings is 1. The molecule has 126 valence electrons. The fraction of sp³-hybridized carbons (Fsp3) is 0.316. The van der Waals surface area contributed by atoms with Gasteiger partial charge in [-0.2, -0.15) is 0 Å². The molecule has 3 nitrogen and oxygen atoms in total. The summed E-state index contributed by atoms with van der Waals surface area (Å²) in [5, 5.41) is 0.757. The van der Waals surface area contributed by atoms with Gasteiger partial charge in [-0.05, 0) is 30.2 Å². The van der Waals surface area contributed by atoms with E-state index in [-0.39, 0.29) is 5.91 Å². The van der Waals surface area contributed by atoms with Crippen LogP contribution in [0.2, 0.25) is 10.0 Å². The SMILES string of the molecule is Cc1ccccc1CN1CCN(C(=O)c2cccc(Cl)c2Cl)CC1. The highest BCUT2D eigenvalue weighted by molar-refractivity contribution is 6.43. The van der Waals surface area contributed by atoms with Gasteiger partial charge in [0, 0.05) is 32.7 Å². The fourth-order valence-electron chi connectivity index (χ4n) is 2.98. The summed E-state index contributed by atoms with van der Waals surface area (Å²) in [6.07, 6.45) is 0. The van der Waals surface area contributed by atoms with E-state index in [4.69, 9.17) is 23.2 Å². The van der Waals surface area contributed by atoms with Gasteiger partial charge < -0.3 is 4.90 Å². The molecular formula is C19H20Cl2N2O. The topological polar surface area (TPSA) is 23.6 Å². The molecule has 3 rings (SSSR count). The maximum Gasteiger partial charge on any atom is 0.255 e. The monoisotopic (exact) mass is 362 g/mol. The summed E-state index contributed by atoms with van der Waals surface area (Å²) in [7, 11) is 0. The number of amides is 1. The van der Waals surface area contributed by atoms with Crippen molar-refractivity contribution in [2.24, 2.45) is 0 Å². The molecule has 0 radical (unpaired) electrons. The van der Waals surface area contributed by atoms with E-state index in [1.807, 2.05) is 4.90 Å². The average molecular weight is 363 g/mol. The van der Waals surface area contributed by atoms with Crippen LogP contribution in [0.25, 0.3) is 0 Å². The van der Waals surface area contributed by atoms with Crippen LogP contribution in [0.15, 0.2) is 42.5 Å². The summed E-state index contributed by atoms with van der Waals surface area (Å²) in [6.45, 7) is 6.18. The highest BCUT2D eigenvalue weighted by Gasteiger charge is 2.24. The van der Waals surface area contributed by atoms with Crippen molar-refractivity contribution in [2.75, 3.05) is 26.2 Å². The Labute approximate surface area is 152 Å². The summed E-state index contributed by atoms with van der Waals surface area (Å²) in [6, 6.07) is 13.6. The van der Waals surface area contributed by atoms with Gasteiger partial charge in [-0.1, -0.05) is 53.5 Å². The van der Waals surface area contributed by atoms with Gasteiger partial charge in [-0.3, -0.25) is 9.69 Å². The van der Waals surface area contributed by atoms with E-state index in [1.165, 1.54) is 11.1 Å². The van der Waals surface area contributed by atoms with Crippen LogP contribution < -0.4 is 0 Å². The Morgan fingerprint density at radius 2 is 1.71 bits per heavy atom. The van der Waals surface area contributed by atoms with E-state index in [0.717, 1.165) is 19.6 Å². The van der Waals surface area contributed by atoms with Crippen molar-refractivity contribution in [1.29, 1.82) is 0 Å². The maximum absolute atomic E-state index is 12.7. The van der Waals surface area contributed by atoms with Gasteiger partial charge in [0.15, 0.2) is 0 Å². The molecule has 1 aliphatic heterocycles. The minimum Gasteiger partial charge on any atom is -0.336 e. The number of nitrogens with zero attached hydrogens (tertiary/aromatic N) is 2. The second-order valence-electron chi connectivity index (χ2n) is 6.10. The molecule has 1 fully saturated rings. The first-order valence-electron chi connectivity index (χ1n) is 8.06. The highest BCUT2D eigenvalue weighted by atomic mass is 35.5.